The van der Waals surface area contributed by atoms with Crippen molar-refractivity contribution in [2.75, 3.05) is 0 Å². The number of carbonyl (C=O) groups excluding carboxylic acids is 2. The molecule has 0 aromatic heterocycles. The van der Waals surface area contributed by atoms with Crippen molar-refractivity contribution in [3.8, 4) is 0 Å². The molecule has 0 bridgehead atoms. The second-order valence-electron chi connectivity index (χ2n) is 2.54. The Balaban J connectivity index is 0. The molecule has 0 amide bonds. The summed E-state index contributed by atoms with van der Waals surface area (Å²) in [6.07, 6.45) is 0.0833. The fourth-order valence-electron chi connectivity index (χ4n) is 0.601. The molecular weight excluding hydrogens is 259 g/mol. The zero-order chi connectivity index (χ0) is 9.98. The van der Waals surface area contributed by atoms with Crippen LogP contribution < -0.4 is 0 Å². The molecule has 0 N–H and O–H groups in total. The summed E-state index contributed by atoms with van der Waals surface area (Å²) in [4.78, 5) is 20.1. The van der Waals surface area contributed by atoms with Crippen molar-refractivity contribution in [2.45, 2.75) is 43.0 Å². The fourth-order valence-corrected chi connectivity index (χ4v) is 2.03. The molecule has 0 heterocycles. The molecule has 0 aromatic carbocycles. The van der Waals surface area contributed by atoms with Crippen LogP contribution in [-0.4, -0.2) is 32.7 Å². The van der Waals surface area contributed by atoms with Gasteiger partial charge in [0.15, 0.2) is 0 Å². The summed E-state index contributed by atoms with van der Waals surface area (Å²) in [5, 5.41) is 0. The van der Waals surface area contributed by atoms with Crippen LogP contribution in [0.5, 0.6) is 0 Å². The predicted octanol–water partition coefficient (Wildman–Crippen LogP) is 2.12. The van der Waals surface area contributed by atoms with Crippen LogP contribution >= 0.6 is 0 Å². The first-order chi connectivity index (χ1) is 5.54. The van der Waals surface area contributed by atoms with Gasteiger partial charge in [-0.15, -0.1) is 0 Å². The van der Waals surface area contributed by atoms with Crippen molar-refractivity contribution in [3.63, 3.8) is 0 Å². The van der Waals surface area contributed by atoms with E-state index in [0.29, 0.717) is 0 Å². The van der Waals surface area contributed by atoms with E-state index in [1.54, 1.807) is 0 Å². The van der Waals surface area contributed by atoms with Gasteiger partial charge in [0.1, 0.15) is 11.6 Å². The first kappa shape index (κ1) is 14.7. The second kappa shape index (κ2) is 11.1. The molecular formula is C9H18O2Sn. The number of hydrogen-bond donors (Lipinski definition) is 0. The molecule has 0 fully saturated rings. The summed E-state index contributed by atoms with van der Waals surface area (Å²) in [6, 6.07) is 0. The Kier molecular flexibility index (Phi) is 13.6. The summed E-state index contributed by atoms with van der Waals surface area (Å²) in [7, 11) is 0. The number of carbonyl (C=O) groups is 2. The molecule has 0 aliphatic rings. The normalized spacial score (nSPS) is 8.33. The van der Waals surface area contributed by atoms with E-state index in [1.165, 1.54) is 22.7 Å². The van der Waals surface area contributed by atoms with Crippen LogP contribution in [-0.2, 0) is 9.59 Å². The molecule has 0 saturated heterocycles. The van der Waals surface area contributed by atoms with Gasteiger partial charge in [0.05, 0.1) is 6.42 Å². The van der Waals surface area contributed by atoms with Gasteiger partial charge < -0.3 is 0 Å². The van der Waals surface area contributed by atoms with Crippen LogP contribution in [0.1, 0.15) is 34.1 Å². The van der Waals surface area contributed by atoms with Gasteiger partial charge in [0.25, 0.3) is 0 Å². The van der Waals surface area contributed by atoms with E-state index in [2.05, 4.69) is 13.8 Å². The number of hydrogen-bond acceptors (Lipinski definition) is 2. The van der Waals surface area contributed by atoms with E-state index in [1.807, 2.05) is 0 Å². The Morgan fingerprint density at radius 3 is 1.33 bits per heavy atom. The van der Waals surface area contributed by atoms with Crippen LogP contribution in [0.3, 0.4) is 0 Å². The van der Waals surface area contributed by atoms with Gasteiger partial charge in [-0.1, -0.05) is 0 Å². The quantitative estimate of drug-likeness (QED) is 0.582. The summed E-state index contributed by atoms with van der Waals surface area (Å²) in [5.41, 5.74) is 0. The van der Waals surface area contributed by atoms with Gasteiger partial charge in [-0.2, -0.15) is 0 Å². The molecule has 2 radical (unpaired) electrons. The van der Waals surface area contributed by atoms with Gasteiger partial charge in [-0.25, -0.2) is 0 Å². The van der Waals surface area contributed by atoms with E-state index < -0.39 is 0 Å². The van der Waals surface area contributed by atoms with Gasteiger partial charge in [-0.05, 0) is 13.8 Å². The van der Waals surface area contributed by atoms with Crippen molar-refractivity contribution in [2.24, 2.45) is 0 Å². The standard InChI is InChI=1S/C5H8O2.2C2H5.Sn/c1-4(6)3-5(2)7;2*1-2;/h3H2,1-2H3;2*1H2,2H3;. The Morgan fingerprint density at radius 1 is 1.00 bits per heavy atom. The molecule has 0 atom stereocenters. The Bertz CT molecular complexity index is 118. The van der Waals surface area contributed by atoms with Crippen LogP contribution in [0.15, 0.2) is 0 Å². The zero-order valence-corrected chi connectivity index (χ0v) is 11.3. The molecule has 3 heteroatoms. The first-order valence-corrected chi connectivity index (χ1v) is 8.27. The van der Waals surface area contributed by atoms with Crippen molar-refractivity contribution in [1.82, 2.24) is 0 Å². The third kappa shape index (κ3) is 22.5. The van der Waals surface area contributed by atoms with Crippen LogP contribution in [0.2, 0.25) is 8.87 Å². The number of ketones is 2. The van der Waals surface area contributed by atoms with Gasteiger partial charge >= 0.3 is 43.9 Å². The third-order valence-corrected chi connectivity index (χ3v) is 3.85. The summed E-state index contributed by atoms with van der Waals surface area (Å²) < 4.78 is 3.03. The van der Waals surface area contributed by atoms with Crippen LogP contribution in [0.25, 0.3) is 0 Å². The van der Waals surface area contributed by atoms with E-state index in [-0.39, 0.29) is 39.1 Å². The molecule has 0 saturated carbocycles. The van der Waals surface area contributed by atoms with Crippen LogP contribution in [0.4, 0.5) is 0 Å². The maximum absolute atomic E-state index is 10.0. The second-order valence-corrected chi connectivity index (χ2v) is 8.00. The third-order valence-electron chi connectivity index (χ3n) is 0.998. The van der Waals surface area contributed by atoms with Crippen molar-refractivity contribution < 1.29 is 9.59 Å². The molecule has 2 nitrogen and oxygen atoms in total. The first-order valence-electron chi connectivity index (χ1n) is 4.24. The minimum atomic E-state index is -0.0625. The SMILES string of the molecule is CC(=O)CC(C)=O.C[CH2][Sn][CH2]C. The monoisotopic (exact) mass is 278 g/mol. The van der Waals surface area contributed by atoms with E-state index in [0.717, 1.165) is 0 Å². The van der Waals surface area contributed by atoms with E-state index in [9.17, 15) is 9.59 Å². The Labute approximate surface area is 85.3 Å². The molecule has 0 rings (SSSR count). The summed E-state index contributed by atoms with van der Waals surface area (Å²) in [5.74, 6) is -0.125. The van der Waals surface area contributed by atoms with Gasteiger partial charge in [-0.3, -0.25) is 9.59 Å². The molecule has 0 aliphatic carbocycles. The van der Waals surface area contributed by atoms with Gasteiger partial charge in [0, 0.05) is 0 Å². The molecule has 0 aromatic rings. The van der Waals surface area contributed by atoms with Crippen molar-refractivity contribution in [3.05, 3.63) is 0 Å². The Morgan fingerprint density at radius 2 is 1.33 bits per heavy atom. The van der Waals surface area contributed by atoms with E-state index in [4.69, 9.17) is 0 Å². The molecule has 0 spiro atoms. The summed E-state index contributed by atoms with van der Waals surface area (Å²) in [6.45, 7) is 7.38. The topological polar surface area (TPSA) is 34.1 Å². The number of rotatable bonds is 4. The molecule has 0 aliphatic heterocycles. The number of Topliss-reactive ketones (excluding diaryl/α,β-unsaturated/α-hetero) is 2. The fraction of sp³-hybridized carbons (Fsp3) is 0.778. The van der Waals surface area contributed by atoms with E-state index >= 15 is 0 Å². The zero-order valence-electron chi connectivity index (χ0n) is 8.44. The van der Waals surface area contributed by atoms with Crippen LogP contribution in [0, 0.1) is 0 Å². The average molecular weight is 277 g/mol. The maximum atomic E-state index is 10.0. The molecule has 12 heavy (non-hydrogen) atoms. The minimum absolute atomic E-state index is 0.0625. The predicted molar refractivity (Wildman–Crippen MR) is 52.7 cm³/mol. The van der Waals surface area contributed by atoms with Crippen molar-refractivity contribution in [1.29, 1.82) is 0 Å². The van der Waals surface area contributed by atoms with Gasteiger partial charge in [0.2, 0.25) is 0 Å². The Hall–Kier alpha value is 0.139. The van der Waals surface area contributed by atoms with Crippen molar-refractivity contribution >= 4 is 32.7 Å². The molecule has 70 valence electrons. The average Bonchev–Trinajstić information content (AvgIpc) is 1.87. The summed E-state index contributed by atoms with van der Waals surface area (Å²) >= 11 is 0.218. The molecule has 0 unspecified atom stereocenters.